The maximum atomic E-state index is 15.5. The predicted octanol–water partition coefficient (Wildman–Crippen LogP) is -3.17. The topological polar surface area (TPSA) is 774 Å². The summed E-state index contributed by atoms with van der Waals surface area (Å²) in [6.45, 7) is -4.60. The van der Waals surface area contributed by atoms with E-state index < -0.39 is 282 Å². The second-order valence-corrected chi connectivity index (χ2v) is 36.1. The van der Waals surface area contributed by atoms with Crippen LogP contribution in [0.1, 0.15) is 224 Å². The van der Waals surface area contributed by atoms with Gasteiger partial charge in [0.05, 0.1) is 65.3 Å². The molecular formula is C96H149N21O28. The molecule has 49 nitrogen and oxygen atoms in total. The molecule has 806 valence electrons. The van der Waals surface area contributed by atoms with Crippen LogP contribution in [0.5, 0.6) is 0 Å². The third-order valence-corrected chi connectivity index (χ3v) is 24.1. The maximum absolute atomic E-state index is 15.5. The predicted molar refractivity (Wildman–Crippen MR) is 524 cm³/mol. The van der Waals surface area contributed by atoms with Crippen molar-refractivity contribution in [1.29, 1.82) is 5.41 Å². The van der Waals surface area contributed by atoms with Crippen molar-refractivity contribution < 1.29 is 136 Å². The minimum absolute atomic E-state index is 0.0238. The summed E-state index contributed by atoms with van der Waals surface area (Å²) in [6, 6.07) is -2.90. The van der Waals surface area contributed by atoms with Crippen LogP contribution in [-0.2, 0) is 118 Å². The van der Waals surface area contributed by atoms with E-state index in [9.17, 15) is 97.5 Å². The molecule has 0 unspecified atom stereocenters. The zero-order valence-electron chi connectivity index (χ0n) is 82.4. The van der Waals surface area contributed by atoms with Crippen molar-refractivity contribution in [2.45, 2.75) is 298 Å². The number of para-hydroxylation sites is 1. The van der Waals surface area contributed by atoms with Gasteiger partial charge in [-0.05, 0) is 94.2 Å². The van der Waals surface area contributed by atoms with E-state index in [2.05, 4.69) is 79.4 Å². The first kappa shape index (κ1) is 122. The van der Waals surface area contributed by atoms with E-state index in [-0.39, 0.29) is 135 Å². The molecule has 1 aromatic heterocycles. The largest absolute Gasteiger partial charge is 0.481 e. The highest BCUT2D eigenvalue weighted by Gasteiger charge is 2.44. The molecule has 49 heteroatoms. The number of hydrogen-bond acceptors (Lipinski definition) is 27. The van der Waals surface area contributed by atoms with Crippen LogP contribution in [-0.4, -0.2) is 334 Å². The van der Waals surface area contributed by atoms with E-state index in [0.717, 1.165) is 86.8 Å². The molecule has 2 aliphatic rings. The summed E-state index contributed by atoms with van der Waals surface area (Å²) in [5.41, 5.74) is 18.7. The lowest BCUT2D eigenvalue weighted by Crippen LogP contribution is -2.61. The zero-order valence-corrected chi connectivity index (χ0v) is 82.4. The summed E-state index contributed by atoms with van der Waals surface area (Å²) in [7, 11) is 0. The van der Waals surface area contributed by atoms with Gasteiger partial charge in [0.1, 0.15) is 78.9 Å². The average molecular weight is 2050 g/mol. The number of aromatic nitrogens is 1. The lowest BCUT2D eigenvalue weighted by Gasteiger charge is -2.31. The second-order valence-electron chi connectivity index (χ2n) is 36.1. The van der Waals surface area contributed by atoms with Crippen molar-refractivity contribution in [1.82, 2.24) is 89.2 Å². The Labute approximate surface area is 840 Å². The van der Waals surface area contributed by atoms with E-state index in [1.54, 1.807) is 67.7 Å². The number of ketones is 1. The van der Waals surface area contributed by atoms with Crippen LogP contribution in [0, 0.1) is 5.41 Å². The number of amides is 16. The quantitative estimate of drug-likeness (QED) is 0.0151. The normalized spacial score (nSPS) is 18.3. The van der Waals surface area contributed by atoms with Crippen LogP contribution in [0.25, 0.3) is 10.9 Å². The fourth-order valence-electron chi connectivity index (χ4n) is 16.3. The number of aromatic amines is 1. The van der Waals surface area contributed by atoms with Gasteiger partial charge in [0.15, 0.2) is 5.96 Å². The molecular weight excluding hydrogens is 1900 g/mol. The number of nitrogens with zero attached hydrogens (tertiary/aromatic N) is 2. The van der Waals surface area contributed by atoms with Gasteiger partial charge in [-0.3, -0.25) is 106 Å². The Morgan fingerprint density at radius 1 is 0.497 bits per heavy atom. The van der Waals surface area contributed by atoms with Crippen molar-refractivity contribution in [3.63, 3.8) is 0 Å². The Balaban J connectivity index is 1.33. The Morgan fingerprint density at radius 3 is 1.66 bits per heavy atom. The summed E-state index contributed by atoms with van der Waals surface area (Å²) < 4.78 is 10.8. The Morgan fingerprint density at radius 2 is 1.04 bits per heavy atom. The zero-order chi connectivity index (χ0) is 107. The summed E-state index contributed by atoms with van der Waals surface area (Å²) in [5.74, 6) is -19.9. The molecule has 2 saturated heterocycles. The van der Waals surface area contributed by atoms with Crippen molar-refractivity contribution in [2.75, 3.05) is 92.0 Å². The standard InChI is InChI=1S/C96H149N21O28/c1-2-3-31-67(87(135)112-71-39-38-62(120)29-18-15-19-33-66(85(98)133)107-91(139)73(49-61-51-104-65-32-23-22-30-64(61)65)113-88(136)69(35-26-43-103-96(99)100)109-90(138)72(48-60-27-16-14-17-28-60)114-94(142)76-50-63(121)53-117(76)95(71)143)108-86(134)68(34-24-25-42-101-80(125)54-116(55-83(129)130)56-84(131)132)110-93(141)75(58-119)115-89(137)70(40-41-77(97)122)111-92(140)74(57-118)106-79(124)52-105-81(126)59-145-47-46-144-45-44-102-78(123)36-20-12-10-8-6-4-5-7-9-11-13-21-37-82(127)128/h14,16-17,22-23,27-28,30,32,51,63,66-76,104,118-119,121H,2-13,15,18-21,24-26,29,31,33-50,52-59H2,1H3,(H2,97,122)(H2,98,133)(H,101,125)(H,102,123)(H,105,126)(H,106,124)(H,107,139)(H,108,134)(H,109,138)(H,110,141)(H,111,140)(H,112,135)(H,113,136)(H,114,142)(H,115,137)(H,127,128)(H,129,130)(H,131,132)(H4,99,100,103)/t63-,66+,67+,68+,69+,70+,71+,72-,73+,74+,75+,76+/m1/s1. The maximum Gasteiger partial charge on any atom is 0.317 e. The first-order chi connectivity index (χ1) is 69.4. The smallest absolute Gasteiger partial charge is 0.317 e. The number of aliphatic hydroxyl groups is 3. The number of carboxylic acid groups (broad SMARTS) is 3. The number of fused-ring (bicyclic) bond motifs is 2. The molecule has 0 spiro atoms. The first-order valence-corrected chi connectivity index (χ1v) is 49.7. The van der Waals surface area contributed by atoms with Gasteiger partial charge in [0, 0.05) is 94.6 Å². The molecule has 2 fully saturated rings. The lowest BCUT2D eigenvalue weighted by molar-refractivity contribution is -0.143. The Bertz CT molecular complexity index is 4700. The first-order valence-electron chi connectivity index (χ1n) is 49.7. The number of carbonyl (C=O) groups is 20. The number of aliphatic carboxylic acids is 3. The fourth-order valence-corrected chi connectivity index (χ4v) is 16.3. The highest BCUT2D eigenvalue weighted by molar-refractivity contribution is 6.01. The molecule has 3 heterocycles. The number of Topliss-reactive ketones (excluding diaryl/α,β-unsaturated/α-hetero) is 1. The molecule has 0 radical (unpaired) electrons. The number of rotatable bonds is 64. The molecule has 0 aliphatic carbocycles. The number of primary amides is 2. The lowest BCUT2D eigenvalue weighted by atomic mass is 9.99. The van der Waals surface area contributed by atoms with Crippen LogP contribution in [0.4, 0.5) is 0 Å². The van der Waals surface area contributed by atoms with Gasteiger partial charge in [0.25, 0.3) is 0 Å². The molecule has 0 bridgehead atoms. The van der Waals surface area contributed by atoms with E-state index in [1.807, 2.05) is 0 Å². The third-order valence-electron chi connectivity index (χ3n) is 24.1. The second kappa shape index (κ2) is 68.8. The van der Waals surface area contributed by atoms with E-state index in [4.69, 9.17) is 37.2 Å². The van der Waals surface area contributed by atoms with Crippen LogP contribution >= 0.6 is 0 Å². The minimum Gasteiger partial charge on any atom is -0.481 e. The number of benzene rings is 2. The van der Waals surface area contributed by atoms with Gasteiger partial charge in [0.2, 0.25) is 94.5 Å². The van der Waals surface area contributed by atoms with Crippen molar-refractivity contribution in [2.24, 2.45) is 17.2 Å². The van der Waals surface area contributed by atoms with Crippen molar-refractivity contribution >= 4 is 135 Å². The summed E-state index contributed by atoms with van der Waals surface area (Å²) >= 11 is 0. The van der Waals surface area contributed by atoms with Crippen molar-refractivity contribution in [3.05, 3.63) is 71.9 Å². The highest BCUT2D eigenvalue weighted by Crippen LogP contribution is 2.25. The van der Waals surface area contributed by atoms with Gasteiger partial charge >= 0.3 is 17.9 Å². The number of carbonyl (C=O) groups excluding carboxylic acids is 17. The van der Waals surface area contributed by atoms with E-state index in [0.29, 0.717) is 34.9 Å². The molecule has 3 aromatic rings. The minimum atomic E-state index is -2.04. The number of unbranched alkanes of at least 4 members (excludes halogenated alkanes) is 13. The van der Waals surface area contributed by atoms with Crippen LogP contribution < -0.4 is 91.6 Å². The molecule has 0 saturated carbocycles. The molecule has 16 amide bonds. The summed E-state index contributed by atoms with van der Waals surface area (Å²) in [5, 5.41) is 104. The Kier molecular flexibility index (Phi) is 57.9. The number of nitrogens with one attached hydrogen (secondary N) is 16. The summed E-state index contributed by atoms with van der Waals surface area (Å²) in [6.07, 6.45) is 10.2. The number of hydrogen-bond donors (Lipinski definition) is 25. The van der Waals surface area contributed by atoms with Crippen LogP contribution in [0.2, 0.25) is 0 Å². The van der Waals surface area contributed by atoms with E-state index >= 15 is 24.0 Å². The molecule has 12 atom stereocenters. The number of nitrogens with two attached hydrogens (primary N) is 3. The SMILES string of the molecule is CCCC[C@H](NC(=O)[C@H](CCCCNC(=O)CN(CC(=O)O)CC(=O)O)NC(=O)[C@H](CO)NC(=O)[C@H](CCC(N)=O)NC(=O)[C@H](CO)NC(=O)CNC(=O)COCCOCCNC(=O)CCCCCCCCCCCCCCC(=O)O)C(=O)N[C@H]1CCC(=O)CCCCC[C@@H](C(N)=O)NC(=O)[C@H](Cc2c[nH]c3ccccc23)NC(=O)[C@H](CCCNC(=N)N)NC(=O)[C@@H](Cc2ccccc2)NC(=O)[C@@H]2C[C@@H](O)CN2C1=O. The molecule has 2 aromatic carbocycles. The van der Waals surface area contributed by atoms with Gasteiger partial charge in [-0.2, -0.15) is 0 Å². The van der Waals surface area contributed by atoms with Gasteiger partial charge in [-0.25, -0.2) is 0 Å². The monoisotopic (exact) mass is 2040 g/mol. The molecule has 145 heavy (non-hydrogen) atoms. The summed E-state index contributed by atoms with van der Waals surface area (Å²) in [4.78, 5) is 277. The van der Waals surface area contributed by atoms with Gasteiger partial charge < -0.3 is 142 Å². The number of guanidine groups is 1. The molecule has 28 N–H and O–H groups in total. The number of aliphatic hydroxyl groups excluding tert-OH is 3. The Hall–Kier alpha value is -13.4. The molecule has 2 aliphatic heterocycles. The molecule has 5 rings (SSSR count). The van der Waals surface area contributed by atoms with E-state index in [1.165, 1.54) is 0 Å². The van der Waals surface area contributed by atoms with Gasteiger partial charge in [-0.15, -0.1) is 0 Å². The van der Waals surface area contributed by atoms with Crippen molar-refractivity contribution in [3.8, 4) is 0 Å². The van der Waals surface area contributed by atoms with Gasteiger partial charge in [-0.1, -0.05) is 145 Å². The van der Waals surface area contributed by atoms with Crippen LogP contribution in [0.3, 0.4) is 0 Å². The highest BCUT2D eigenvalue weighted by atomic mass is 16.5. The number of carboxylic acids is 3. The van der Waals surface area contributed by atoms with Crippen LogP contribution in [0.15, 0.2) is 60.8 Å². The fraction of sp³-hybridized carbons (Fsp3) is 0.635. The number of H-pyrrole nitrogens is 1. The third kappa shape index (κ3) is 49.6. The number of ether oxygens (including phenoxy) is 2. The average Bonchev–Trinajstić information content (AvgIpc) is 1.64.